The summed E-state index contributed by atoms with van der Waals surface area (Å²) < 4.78 is 0. The molecule has 0 aromatic heterocycles. The fourth-order valence-corrected chi connectivity index (χ4v) is 2.09. The minimum atomic E-state index is -0.314. The third kappa shape index (κ3) is 0.988. The molecule has 2 aliphatic carbocycles. The molecule has 2 bridgehead atoms. The highest BCUT2D eigenvalue weighted by atomic mass is 16.3. The first-order valence-electron chi connectivity index (χ1n) is 4.19. The summed E-state index contributed by atoms with van der Waals surface area (Å²) in [6.45, 7) is 0. The standard InChI is InChI=1S/C9H14O/c10-9-5-2-1-3-8(7-9)4-6-9/h4,10H,1-3,5-7H2. The molecule has 1 N–H and O–H groups in total. The Morgan fingerprint density at radius 3 is 3.20 bits per heavy atom. The van der Waals surface area contributed by atoms with E-state index in [9.17, 15) is 5.11 Å². The molecule has 10 heavy (non-hydrogen) atoms. The number of rotatable bonds is 0. The zero-order valence-electron chi connectivity index (χ0n) is 6.27. The average molecular weight is 138 g/mol. The fraction of sp³-hybridized carbons (Fsp3) is 0.778. The number of hydrogen-bond acceptors (Lipinski definition) is 1. The van der Waals surface area contributed by atoms with Gasteiger partial charge in [-0.15, -0.1) is 0 Å². The maximum Gasteiger partial charge on any atom is 0.0719 e. The molecule has 1 heteroatoms. The fourth-order valence-electron chi connectivity index (χ4n) is 2.09. The minimum absolute atomic E-state index is 0.314. The second-order valence-corrected chi connectivity index (χ2v) is 3.67. The highest BCUT2D eigenvalue weighted by Crippen LogP contribution is 2.38. The van der Waals surface area contributed by atoms with Crippen LogP contribution in [0.2, 0.25) is 0 Å². The van der Waals surface area contributed by atoms with Gasteiger partial charge in [-0.3, -0.25) is 0 Å². The van der Waals surface area contributed by atoms with Crippen LogP contribution in [0.1, 0.15) is 38.5 Å². The van der Waals surface area contributed by atoms with Gasteiger partial charge in [0.25, 0.3) is 0 Å². The topological polar surface area (TPSA) is 20.2 Å². The van der Waals surface area contributed by atoms with Crippen molar-refractivity contribution in [2.45, 2.75) is 44.1 Å². The Kier molecular flexibility index (Phi) is 1.34. The van der Waals surface area contributed by atoms with E-state index in [0.717, 1.165) is 19.3 Å². The summed E-state index contributed by atoms with van der Waals surface area (Å²) in [5, 5.41) is 9.85. The molecule has 0 aliphatic heterocycles. The molecule has 1 nitrogen and oxygen atoms in total. The van der Waals surface area contributed by atoms with Gasteiger partial charge in [-0.25, -0.2) is 0 Å². The van der Waals surface area contributed by atoms with E-state index in [2.05, 4.69) is 6.08 Å². The molecular formula is C9H14O. The van der Waals surface area contributed by atoms with Gasteiger partial charge in [-0.1, -0.05) is 18.1 Å². The van der Waals surface area contributed by atoms with Gasteiger partial charge >= 0.3 is 0 Å². The Bertz CT molecular complexity index is 172. The Balaban J connectivity index is 2.17. The molecule has 0 amide bonds. The maximum absolute atomic E-state index is 9.85. The lowest BCUT2D eigenvalue weighted by Gasteiger charge is -2.20. The number of hydrogen-bond donors (Lipinski definition) is 1. The van der Waals surface area contributed by atoms with Gasteiger partial charge < -0.3 is 5.11 Å². The monoisotopic (exact) mass is 138 g/mol. The van der Waals surface area contributed by atoms with E-state index in [1.807, 2.05) is 0 Å². The van der Waals surface area contributed by atoms with Crippen molar-refractivity contribution >= 4 is 0 Å². The summed E-state index contributed by atoms with van der Waals surface area (Å²) >= 11 is 0. The first-order chi connectivity index (χ1) is 4.79. The minimum Gasteiger partial charge on any atom is -0.389 e. The Morgan fingerprint density at radius 2 is 2.30 bits per heavy atom. The van der Waals surface area contributed by atoms with Crippen LogP contribution in [0.3, 0.4) is 0 Å². The highest BCUT2D eigenvalue weighted by molar-refractivity contribution is 5.17. The molecular weight excluding hydrogens is 124 g/mol. The molecule has 0 aromatic carbocycles. The Hall–Kier alpha value is -0.300. The molecule has 2 aliphatic rings. The summed E-state index contributed by atoms with van der Waals surface area (Å²) in [6, 6.07) is 0. The summed E-state index contributed by atoms with van der Waals surface area (Å²) in [5.41, 5.74) is 1.19. The summed E-state index contributed by atoms with van der Waals surface area (Å²) in [5.74, 6) is 0. The van der Waals surface area contributed by atoms with E-state index in [1.54, 1.807) is 0 Å². The van der Waals surface area contributed by atoms with Gasteiger partial charge in [0, 0.05) is 0 Å². The van der Waals surface area contributed by atoms with E-state index in [0.29, 0.717) is 0 Å². The van der Waals surface area contributed by atoms with E-state index in [-0.39, 0.29) is 5.60 Å². The summed E-state index contributed by atoms with van der Waals surface area (Å²) in [7, 11) is 0. The predicted octanol–water partition coefficient (Wildman–Crippen LogP) is 2.01. The van der Waals surface area contributed by atoms with Crippen molar-refractivity contribution in [1.29, 1.82) is 0 Å². The predicted molar refractivity (Wildman–Crippen MR) is 40.7 cm³/mol. The van der Waals surface area contributed by atoms with E-state index in [4.69, 9.17) is 0 Å². The largest absolute Gasteiger partial charge is 0.389 e. The van der Waals surface area contributed by atoms with Gasteiger partial charge in [0.2, 0.25) is 0 Å². The van der Waals surface area contributed by atoms with Crippen molar-refractivity contribution in [2.75, 3.05) is 0 Å². The van der Waals surface area contributed by atoms with Gasteiger partial charge in [-0.05, 0) is 32.1 Å². The Morgan fingerprint density at radius 1 is 1.40 bits per heavy atom. The quantitative estimate of drug-likeness (QED) is 0.508. The lowest BCUT2D eigenvalue weighted by molar-refractivity contribution is 0.0442. The van der Waals surface area contributed by atoms with Crippen LogP contribution >= 0.6 is 0 Å². The van der Waals surface area contributed by atoms with Crippen LogP contribution < -0.4 is 0 Å². The highest BCUT2D eigenvalue weighted by Gasteiger charge is 2.32. The molecule has 1 atom stereocenters. The van der Waals surface area contributed by atoms with Gasteiger partial charge in [0.1, 0.15) is 0 Å². The van der Waals surface area contributed by atoms with Gasteiger partial charge in [0.05, 0.1) is 5.60 Å². The van der Waals surface area contributed by atoms with Crippen LogP contribution in [0.5, 0.6) is 0 Å². The normalized spacial score (nSPS) is 39.1. The van der Waals surface area contributed by atoms with Crippen molar-refractivity contribution in [1.82, 2.24) is 0 Å². The molecule has 1 saturated carbocycles. The summed E-state index contributed by atoms with van der Waals surface area (Å²) in [4.78, 5) is 0. The molecule has 1 fully saturated rings. The number of aliphatic hydroxyl groups is 1. The van der Waals surface area contributed by atoms with Crippen LogP contribution in [0.4, 0.5) is 0 Å². The smallest absolute Gasteiger partial charge is 0.0719 e. The average Bonchev–Trinajstić information content (AvgIpc) is 2.11. The van der Waals surface area contributed by atoms with E-state index in [1.165, 1.54) is 24.8 Å². The zero-order chi connectivity index (χ0) is 7.03. The second kappa shape index (κ2) is 2.09. The van der Waals surface area contributed by atoms with Crippen LogP contribution in [-0.4, -0.2) is 10.7 Å². The zero-order valence-corrected chi connectivity index (χ0v) is 6.27. The molecule has 0 saturated heterocycles. The lowest BCUT2D eigenvalue weighted by Crippen LogP contribution is -2.23. The van der Waals surface area contributed by atoms with E-state index >= 15 is 0 Å². The molecule has 56 valence electrons. The van der Waals surface area contributed by atoms with Crippen LogP contribution in [-0.2, 0) is 0 Å². The van der Waals surface area contributed by atoms with Crippen LogP contribution in [0.15, 0.2) is 11.6 Å². The molecule has 0 spiro atoms. The maximum atomic E-state index is 9.85. The van der Waals surface area contributed by atoms with E-state index < -0.39 is 0 Å². The number of fused-ring (bicyclic) bond motifs is 2. The van der Waals surface area contributed by atoms with Crippen molar-refractivity contribution < 1.29 is 5.11 Å². The molecule has 2 rings (SSSR count). The second-order valence-electron chi connectivity index (χ2n) is 3.67. The molecule has 0 heterocycles. The van der Waals surface area contributed by atoms with Crippen molar-refractivity contribution in [2.24, 2.45) is 0 Å². The third-order valence-corrected chi connectivity index (χ3v) is 2.72. The van der Waals surface area contributed by atoms with Crippen molar-refractivity contribution in [3.63, 3.8) is 0 Å². The van der Waals surface area contributed by atoms with Crippen molar-refractivity contribution in [3.05, 3.63) is 11.6 Å². The molecule has 0 aromatic rings. The summed E-state index contributed by atoms with van der Waals surface area (Å²) in [6.07, 6.45) is 8.88. The first kappa shape index (κ1) is 6.41. The lowest BCUT2D eigenvalue weighted by atomic mass is 9.96. The molecule has 0 radical (unpaired) electrons. The first-order valence-corrected chi connectivity index (χ1v) is 4.19. The van der Waals surface area contributed by atoms with Crippen molar-refractivity contribution in [3.8, 4) is 0 Å². The van der Waals surface area contributed by atoms with Crippen LogP contribution in [0.25, 0.3) is 0 Å². The van der Waals surface area contributed by atoms with Gasteiger partial charge in [-0.2, -0.15) is 0 Å². The Labute approximate surface area is 61.8 Å². The molecule has 1 unspecified atom stereocenters. The third-order valence-electron chi connectivity index (χ3n) is 2.72. The SMILES string of the molecule is OC12CC=C(CCCC1)C2. The van der Waals surface area contributed by atoms with Crippen LogP contribution in [0, 0.1) is 0 Å². The van der Waals surface area contributed by atoms with Gasteiger partial charge in [0.15, 0.2) is 0 Å².